The first-order valence-electron chi connectivity index (χ1n) is 5.79. The number of halogens is 1. The summed E-state index contributed by atoms with van der Waals surface area (Å²) in [7, 11) is 1.21. The van der Waals surface area contributed by atoms with Gasteiger partial charge in [0, 0.05) is 12.7 Å². The number of methoxy groups -OCH3 is 1. The third kappa shape index (κ3) is 2.28. The SMILES string of the molecule is COC(=O)c1cccn([C@@H]2CCNC[C@H]2F)c1=O. The van der Waals surface area contributed by atoms with E-state index in [1.807, 2.05) is 0 Å². The van der Waals surface area contributed by atoms with E-state index in [0.29, 0.717) is 13.0 Å². The molecule has 1 fully saturated rings. The van der Waals surface area contributed by atoms with Crippen molar-refractivity contribution in [3.8, 4) is 0 Å². The van der Waals surface area contributed by atoms with Crippen LogP contribution in [0.25, 0.3) is 0 Å². The van der Waals surface area contributed by atoms with Gasteiger partial charge in [0.1, 0.15) is 11.7 Å². The normalized spacial score (nSPS) is 23.7. The van der Waals surface area contributed by atoms with E-state index in [0.717, 1.165) is 0 Å². The Hall–Kier alpha value is -1.69. The van der Waals surface area contributed by atoms with Crippen LogP contribution in [-0.2, 0) is 4.74 Å². The molecule has 0 spiro atoms. The van der Waals surface area contributed by atoms with Crippen LogP contribution in [0.4, 0.5) is 4.39 Å². The zero-order valence-electron chi connectivity index (χ0n) is 10.1. The third-order valence-electron chi connectivity index (χ3n) is 3.11. The van der Waals surface area contributed by atoms with E-state index < -0.39 is 23.7 Å². The average Bonchev–Trinajstić information content (AvgIpc) is 2.39. The molecule has 1 saturated heterocycles. The molecule has 0 unspecified atom stereocenters. The van der Waals surface area contributed by atoms with Gasteiger partial charge in [-0.25, -0.2) is 9.18 Å². The quantitative estimate of drug-likeness (QED) is 0.781. The minimum absolute atomic E-state index is 0.0641. The Morgan fingerprint density at radius 2 is 2.39 bits per heavy atom. The summed E-state index contributed by atoms with van der Waals surface area (Å²) >= 11 is 0. The van der Waals surface area contributed by atoms with Gasteiger partial charge in [-0.2, -0.15) is 0 Å². The second-order valence-electron chi connectivity index (χ2n) is 4.20. The van der Waals surface area contributed by atoms with Crippen molar-refractivity contribution in [3.05, 3.63) is 34.2 Å². The maximum atomic E-state index is 13.8. The van der Waals surface area contributed by atoms with Gasteiger partial charge < -0.3 is 14.6 Å². The molecule has 0 amide bonds. The van der Waals surface area contributed by atoms with Crippen molar-refractivity contribution in [3.63, 3.8) is 0 Å². The number of piperidine rings is 1. The highest BCUT2D eigenvalue weighted by Crippen LogP contribution is 2.20. The Kier molecular flexibility index (Phi) is 3.76. The molecule has 5 nitrogen and oxygen atoms in total. The molecule has 0 aromatic carbocycles. The molecule has 1 N–H and O–H groups in total. The number of carbonyl (C=O) groups excluding carboxylic acids is 1. The topological polar surface area (TPSA) is 60.3 Å². The van der Waals surface area contributed by atoms with Crippen LogP contribution in [0.1, 0.15) is 22.8 Å². The number of ether oxygens (including phenoxy) is 1. The fourth-order valence-corrected chi connectivity index (χ4v) is 2.16. The molecule has 1 aliphatic heterocycles. The smallest absolute Gasteiger partial charge is 0.343 e. The van der Waals surface area contributed by atoms with E-state index in [2.05, 4.69) is 10.1 Å². The van der Waals surface area contributed by atoms with Crippen LogP contribution in [0.3, 0.4) is 0 Å². The Labute approximate surface area is 104 Å². The molecular formula is C12H15FN2O3. The number of hydrogen-bond acceptors (Lipinski definition) is 4. The van der Waals surface area contributed by atoms with Gasteiger partial charge in [-0.3, -0.25) is 4.79 Å². The van der Waals surface area contributed by atoms with E-state index in [1.54, 1.807) is 6.07 Å². The highest BCUT2D eigenvalue weighted by molar-refractivity contribution is 5.88. The largest absolute Gasteiger partial charge is 0.465 e. The number of rotatable bonds is 2. The van der Waals surface area contributed by atoms with E-state index in [-0.39, 0.29) is 12.1 Å². The summed E-state index contributed by atoms with van der Waals surface area (Å²) in [6.45, 7) is 0.875. The van der Waals surface area contributed by atoms with Crippen molar-refractivity contribution in [1.29, 1.82) is 0 Å². The molecule has 98 valence electrons. The summed E-state index contributed by atoms with van der Waals surface area (Å²) in [5.74, 6) is -0.696. The standard InChI is InChI=1S/C12H15FN2O3/c1-18-12(17)8-3-2-6-15(11(8)16)10-4-5-14-7-9(10)13/h2-3,6,9-10,14H,4-5,7H2,1H3/t9-,10-/m1/s1. The average molecular weight is 254 g/mol. The number of nitrogens with zero attached hydrogens (tertiary/aromatic N) is 1. The van der Waals surface area contributed by atoms with Gasteiger partial charge in [-0.1, -0.05) is 0 Å². The number of pyridine rings is 1. The lowest BCUT2D eigenvalue weighted by Crippen LogP contribution is -2.43. The van der Waals surface area contributed by atoms with Crippen molar-refractivity contribution in [2.24, 2.45) is 0 Å². The van der Waals surface area contributed by atoms with Crippen LogP contribution in [0.5, 0.6) is 0 Å². The Morgan fingerprint density at radius 3 is 3.06 bits per heavy atom. The van der Waals surface area contributed by atoms with Crippen LogP contribution in [0.2, 0.25) is 0 Å². The summed E-state index contributed by atoms with van der Waals surface area (Å²) < 4.78 is 19.6. The molecule has 0 bridgehead atoms. The highest BCUT2D eigenvalue weighted by atomic mass is 19.1. The van der Waals surface area contributed by atoms with Gasteiger partial charge in [0.15, 0.2) is 0 Å². The third-order valence-corrected chi connectivity index (χ3v) is 3.11. The zero-order chi connectivity index (χ0) is 13.1. The second kappa shape index (κ2) is 5.30. The van der Waals surface area contributed by atoms with Crippen molar-refractivity contribution in [2.45, 2.75) is 18.6 Å². The monoisotopic (exact) mass is 254 g/mol. The molecule has 6 heteroatoms. The predicted octanol–water partition coefficient (Wildman–Crippen LogP) is 0.507. The number of alkyl halides is 1. The summed E-state index contributed by atoms with van der Waals surface area (Å²) in [6.07, 6.45) is 0.896. The lowest BCUT2D eigenvalue weighted by atomic mass is 10.0. The summed E-state index contributed by atoms with van der Waals surface area (Å²) in [5, 5.41) is 2.92. The van der Waals surface area contributed by atoms with E-state index in [9.17, 15) is 14.0 Å². The van der Waals surface area contributed by atoms with E-state index >= 15 is 0 Å². The van der Waals surface area contributed by atoms with Gasteiger partial charge in [0.05, 0.1) is 13.2 Å². The van der Waals surface area contributed by atoms with Crippen LogP contribution in [0.15, 0.2) is 23.1 Å². The van der Waals surface area contributed by atoms with Crippen molar-refractivity contribution >= 4 is 5.97 Å². The molecule has 0 saturated carbocycles. The molecule has 1 aromatic rings. The Morgan fingerprint density at radius 1 is 1.61 bits per heavy atom. The van der Waals surface area contributed by atoms with Crippen molar-refractivity contribution < 1.29 is 13.9 Å². The summed E-state index contributed by atoms with van der Waals surface area (Å²) in [4.78, 5) is 23.5. The summed E-state index contributed by atoms with van der Waals surface area (Å²) in [5.41, 5.74) is -0.565. The zero-order valence-corrected chi connectivity index (χ0v) is 10.1. The van der Waals surface area contributed by atoms with Gasteiger partial charge >= 0.3 is 5.97 Å². The number of aromatic nitrogens is 1. The lowest BCUT2D eigenvalue weighted by Gasteiger charge is -2.28. The van der Waals surface area contributed by atoms with Gasteiger partial charge in [-0.15, -0.1) is 0 Å². The van der Waals surface area contributed by atoms with Crippen molar-refractivity contribution in [2.75, 3.05) is 20.2 Å². The fraction of sp³-hybridized carbons (Fsp3) is 0.500. The van der Waals surface area contributed by atoms with Gasteiger partial charge in [0.2, 0.25) is 0 Å². The minimum Gasteiger partial charge on any atom is -0.465 e. The van der Waals surface area contributed by atoms with Crippen molar-refractivity contribution in [1.82, 2.24) is 9.88 Å². The highest BCUT2D eigenvalue weighted by Gasteiger charge is 2.27. The Balaban J connectivity index is 2.39. The predicted molar refractivity (Wildman–Crippen MR) is 63.5 cm³/mol. The first kappa shape index (κ1) is 12.8. The molecule has 2 rings (SSSR count). The molecule has 18 heavy (non-hydrogen) atoms. The number of esters is 1. The van der Waals surface area contributed by atoms with Crippen LogP contribution in [-0.4, -0.2) is 36.9 Å². The first-order chi connectivity index (χ1) is 8.65. The number of hydrogen-bond donors (Lipinski definition) is 1. The Bertz CT molecular complexity index is 500. The first-order valence-corrected chi connectivity index (χ1v) is 5.79. The van der Waals surface area contributed by atoms with Gasteiger partial charge in [-0.05, 0) is 25.1 Å². The molecule has 2 heterocycles. The second-order valence-corrected chi connectivity index (χ2v) is 4.20. The molecule has 0 aliphatic carbocycles. The lowest BCUT2D eigenvalue weighted by molar-refractivity contribution is 0.0596. The maximum absolute atomic E-state index is 13.8. The fourth-order valence-electron chi connectivity index (χ4n) is 2.16. The number of nitrogens with one attached hydrogen (secondary N) is 1. The van der Waals surface area contributed by atoms with Crippen LogP contribution in [0, 0.1) is 0 Å². The molecular weight excluding hydrogens is 239 g/mol. The number of carbonyl (C=O) groups is 1. The van der Waals surface area contributed by atoms with Crippen LogP contribution < -0.4 is 10.9 Å². The minimum atomic E-state index is -1.13. The van der Waals surface area contributed by atoms with Crippen LogP contribution >= 0.6 is 0 Å². The summed E-state index contributed by atoms with van der Waals surface area (Å²) in [6, 6.07) is 2.42. The van der Waals surface area contributed by atoms with E-state index in [1.165, 1.54) is 23.9 Å². The molecule has 1 aliphatic rings. The molecule has 2 atom stereocenters. The maximum Gasteiger partial charge on any atom is 0.343 e. The molecule has 0 radical (unpaired) electrons. The van der Waals surface area contributed by atoms with E-state index in [4.69, 9.17) is 0 Å². The molecule has 1 aromatic heterocycles. The van der Waals surface area contributed by atoms with Gasteiger partial charge in [0.25, 0.3) is 5.56 Å².